The lowest BCUT2D eigenvalue weighted by molar-refractivity contribution is -0.145. The summed E-state index contributed by atoms with van der Waals surface area (Å²) in [7, 11) is 1.42. The maximum Gasteiger partial charge on any atom is 0.310 e. The topological polar surface area (TPSA) is 44.1 Å². The van der Waals surface area contributed by atoms with Crippen molar-refractivity contribution in [3.05, 3.63) is 18.2 Å². The quantitative estimate of drug-likeness (QED) is 0.694. The van der Waals surface area contributed by atoms with Crippen molar-refractivity contribution in [2.75, 3.05) is 7.11 Å². The highest BCUT2D eigenvalue weighted by Crippen LogP contribution is 2.07. The summed E-state index contributed by atoms with van der Waals surface area (Å²) in [6.07, 6.45) is 5.68. The molecule has 84 valence electrons. The normalized spacial score (nSPS) is 12.5. The molecule has 0 fully saturated rings. The molecule has 0 bridgehead atoms. The lowest BCUT2D eigenvalue weighted by Crippen LogP contribution is -2.19. The number of methoxy groups -OCH3 is 1. The number of carbonyl (C=O) groups excluding carboxylic acids is 1. The zero-order valence-electron chi connectivity index (χ0n) is 9.56. The number of carbonyl (C=O) groups is 1. The van der Waals surface area contributed by atoms with Crippen molar-refractivity contribution in [3.8, 4) is 0 Å². The molecule has 0 amide bonds. The van der Waals surface area contributed by atoms with E-state index < -0.39 is 0 Å². The number of hydrogen-bond acceptors (Lipinski definition) is 3. The fraction of sp³-hybridized carbons (Fsp3) is 0.636. The van der Waals surface area contributed by atoms with E-state index in [1.165, 1.54) is 7.11 Å². The van der Waals surface area contributed by atoms with Gasteiger partial charge in [-0.2, -0.15) is 0 Å². The predicted molar refractivity (Wildman–Crippen MR) is 57.4 cm³/mol. The van der Waals surface area contributed by atoms with Gasteiger partial charge in [-0.15, -0.1) is 0 Å². The van der Waals surface area contributed by atoms with Gasteiger partial charge in [0, 0.05) is 25.4 Å². The van der Waals surface area contributed by atoms with Crippen molar-refractivity contribution < 1.29 is 9.53 Å². The molecule has 0 aliphatic heterocycles. The van der Waals surface area contributed by atoms with Gasteiger partial charge in [-0.05, 0) is 6.42 Å². The van der Waals surface area contributed by atoms with Gasteiger partial charge in [-0.25, -0.2) is 4.98 Å². The van der Waals surface area contributed by atoms with Crippen LogP contribution in [0.4, 0.5) is 0 Å². The van der Waals surface area contributed by atoms with Gasteiger partial charge in [0.2, 0.25) is 0 Å². The SMILES string of the molecule is CCCc1nccn1CC(C)C(=O)OC. The van der Waals surface area contributed by atoms with Gasteiger partial charge in [0.15, 0.2) is 0 Å². The molecule has 15 heavy (non-hydrogen) atoms. The van der Waals surface area contributed by atoms with E-state index in [1.54, 1.807) is 6.20 Å². The first-order valence-corrected chi connectivity index (χ1v) is 5.26. The molecule has 0 aromatic carbocycles. The Labute approximate surface area is 90.3 Å². The number of aryl methyl sites for hydroxylation is 1. The minimum atomic E-state index is -0.175. The molecule has 4 nitrogen and oxygen atoms in total. The van der Waals surface area contributed by atoms with Crippen LogP contribution in [0.1, 0.15) is 26.1 Å². The second-order valence-electron chi connectivity index (χ2n) is 3.67. The summed E-state index contributed by atoms with van der Waals surface area (Å²) in [4.78, 5) is 15.5. The molecule has 1 aromatic heterocycles. The Morgan fingerprint density at radius 1 is 1.67 bits per heavy atom. The molecule has 4 heteroatoms. The number of ether oxygens (including phenoxy) is 1. The highest BCUT2D eigenvalue weighted by Gasteiger charge is 2.14. The van der Waals surface area contributed by atoms with Crippen LogP contribution in [0.15, 0.2) is 12.4 Å². The van der Waals surface area contributed by atoms with E-state index >= 15 is 0 Å². The summed E-state index contributed by atoms with van der Waals surface area (Å²) < 4.78 is 6.71. The smallest absolute Gasteiger partial charge is 0.310 e. The van der Waals surface area contributed by atoms with E-state index in [1.807, 2.05) is 17.7 Å². The Bertz CT molecular complexity index is 320. The summed E-state index contributed by atoms with van der Waals surface area (Å²) in [6.45, 7) is 4.62. The molecule has 0 spiro atoms. The number of esters is 1. The Balaban J connectivity index is 2.63. The third-order valence-corrected chi connectivity index (χ3v) is 2.35. The molecule has 0 saturated heterocycles. The minimum absolute atomic E-state index is 0.125. The highest BCUT2D eigenvalue weighted by atomic mass is 16.5. The van der Waals surface area contributed by atoms with Crippen molar-refractivity contribution in [2.45, 2.75) is 33.2 Å². The van der Waals surface area contributed by atoms with Crippen molar-refractivity contribution in [2.24, 2.45) is 5.92 Å². The van der Waals surface area contributed by atoms with Gasteiger partial charge in [0.25, 0.3) is 0 Å². The Hall–Kier alpha value is -1.32. The number of aromatic nitrogens is 2. The fourth-order valence-corrected chi connectivity index (χ4v) is 1.53. The van der Waals surface area contributed by atoms with E-state index in [2.05, 4.69) is 16.6 Å². The molecule has 0 aliphatic carbocycles. The zero-order valence-corrected chi connectivity index (χ0v) is 9.56. The molecule has 1 aromatic rings. The van der Waals surface area contributed by atoms with Crippen molar-refractivity contribution in [1.29, 1.82) is 0 Å². The first-order valence-electron chi connectivity index (χ1n) is 5.26. The molecule has 0 aliphatic rings. The van der Waals surface area contributed by atoms with Crippen LogP contribution in [-0.4, -0.2) is 22.6 Å². The zero-order chi connectivity index (χ0) is 11.3. The summed E-state index contributed by atoms with van der Waals surface area (Å²) in [5.74, 6) is 0.735. The first-order chi connectivity index (χ1) is 7.19. The van der Waals surface area contributed by atoms with Crippen LogP contribution in [0, 0.1) is 5.92 Å². The van der Waals surface area contributed by atoms with Gasteiger partial charge < -0.3 is 9.30 Å². The van der Waals surface area contributed by atoms with Crippen LogP contribution in [0.2, 0.25) is 0 Å². The highest BCUT2D eigenvalue weighted by molar-refractivity contribution is 5.71. The number of hydrogen-bond donors (Lipinski definition) is 0. The Kier molecular flexibility index (Phi) is 4.34. The average Bonchev–Trinajstić information content (AvgIpc) is 2.65. The maximum absolute atomic E-state index is 11.3. The predicted octanol–water partition coefficient (Wildman–Crippen LogP) is 1.64. The van der Waals surface area contributed by atoms with Crippen LogP contribution in [0.3, 0.4) is 0 Å². The second-order valence-corrected chi connectivity index (χ2v) is 3.67. The second kappa shape index (κ2) is 5.53. The summed E-state index contributed by atoms with van der Waals surface area (Å²) >= 11 is 0. The molecule has 1 unspecified atom stereocenters. The lowest BCUT2D eigenvalue weighted by atomic mass is 10.2. The van der Waals surface area contributed by atoms with E-state index in [4.69, 9.17) is 0 Å². The van der Waals surface area contributed by atoms with Crippen molar-refractivity contribution in [3.63, 3.8) is 0 Å². The minimum Gasteiger partial charge on any atom is -0.469 e. The van der Waals surface area contributed by atoms with Crippen molar-refractivity contribution >= 4 is 5.97 Å². The summed E-state index contributed by atoms with van der Waals surface area (Å²) in [6, 6.07) is 0. The van der Waals surface area contributed by atoms with Gasteiger partial charge in [0.1, 0.15) is 5.82 Å². The molecule has 0 saturated carbocycles. The monoisotopic (exact) mass is 210 g/mol. The number of nitrogens with zero attached hydrogens (tertiary/aromatic N) is 2. The number of imidazole rings is 1. The average molecular weight is 210 g/mol. The van der Waals surface area contributed by atoms with Gasteiger partial charge in [-0.1, -0.05) is 13.8 Å². The Morgan fingerprint density at radius 2 is 2.40 bits per heavy atom. The van der Waals surface area contributed by atoms with E-state index in [0.717, 1.165) is 18.7 Å². The van der Waals surface area contributed by atoms with Gasteiger partial charge in [0.05, 0.1) is 13.0 Å². The molecule has 0 N–H and O–H groups in total. The fourth-order valence-electron chi connectivity index (χ4n) is 1.53. The molecular weight excluding hydrogens is 192 g/mol. The lowest BCUT2D eigenvalue weighted by Gasteiger charge is -2.12. The van der Waals surface area contributed by atoms with Crippen LogP contribution in [0.5, 0.6) is 0 Å². The van der Waals surface area contributed by atoms with E-state index in [0.29, 0.717) is 6.54 Å². The molecule has 1 atom stereocenters. The standard InChI is InChI=1S/C11H18N2O2/c1-4-5-10-12-6-7-13(10)8-9(2)11(14)15-3/h6-7,9H,4-5,8H2,1-3H3. The van der Waals surface area contributed by atoms with Gasteiger partial charge in [-0.3, -0.25) is 4.79 Å². The third kappa shape index (κ3) is 3.08. The molecule has 1 heterocycles. The largest absolute Gasteiger partial charge is 0.469 e. The molecule has 0 radical (unpaired) electrons. The summed E-state index contributed by atoms with van der Waals surface area (Å²) in [5, 5.41) is 0. The van der Waals surface area contributed by atoms with Gasteiger partial charge >= 0.3 is 5.97 Å². The van der Waals surface area contributed by atoms with Crippen LogP contribution in [-0.2, 0) is 22.5 Å². The Morgan fingerprint density at radius 3 is 3.00 bits per heavy atom. The summed E-state index contributed by atoms with van der Waals surface area (Å²) in [5.41, 5.74) is 0. The first kappa shape index (κ1) is 11.8. The molecule has 1 rings (SSSR count). The number of rotatable bonds is 5. The van der Waals surface area contributed by atoms with E-state index in [9.17, 15) is 4.79 Å². The molecular formula is C11H18N2O2. The third-order valence-electron chi connectivity index (χ3n) is 2.35. The van der Waals surface area contributed by atoms with Crippen LogP contribution < -0.4 is 0 Å². The van der Waals surface area contributed by atoms with E-state index in [-0.39, 0.29) is 11.9 Å². The maximum atomic E-state index is 11.3. The van der Waals surface area contributed by atoms with Crippen LogP contribution in [0.25, 0.3) is 0 Å². The van der Waals surface area contributed by atoms with Crippen LogP contribution >= 0.6 is 0 Å². The van der Waals surface area contributed by atoms with Crippen molar-refractivity contribution in [1.82, 2.24) is 9.55 Å².